The fourth-order valence-corrected chi connectivity index (χ4v) is 8.04. The molecule has 0 aliphatic carbocycles. The molecule has 3 aromatic heterocycles. The molecule has 5 atom stereocenters. The molecule has 8 rings (SSSR count). The Labute approximate surface area is 265 Å². The van der Waals surface area contributed by atoms with Gasteiger partial charge in [-0.3, -0.25) is 4.90 Å². The highest BCUT2D eigenvalue weighted by Gasteiger charge is 2.60. The predicted molar refractivity (Wildman–Crippen MR) is 150 cm³/mol. The molecule has 258 valence electrons. The lowest BCUT2D eigenvalue weighted by molar-refractivity contribution is -0.203. The minimum absolute atomic E-state index is 0.00624. The average Bonchev–Trinajstić information content (AvgIpc) is 3.38. The summed E-state index contributed by atoms with van der Waals surface area (Å²) in [6.07, 6.45) is -11.9. The van der Waals surface area contributed by atoms with Crippen molar-refractivity contribution in [3.63, 3.8) is 0 Å². The number of aryl methyl sites for hydroxylation is 1. The van der Waals surface area contributed by atoms with Gasteiger partial charge in [-0.15, -0.1) is 0 Å². The number of aromatic nitrogens is 4. The normalized spacial score (nSPS) is 29.2. The first-order valence-electron chi connectivity index (χ1n) is 15.2. The lowest BCUT2D eigenvalue weighted by Crippen LogP contribution is -2.66. The van der Waals surface area contributed by atoms with E-state index in [2.05, 4.69) is 25.3 Å². The van der Waals surface area contributed by atoms with Gasteiger partial charge in [0.2, 0.25) is 12.0 Å². The van der Waals surface area contributed by atoms with Gasteiger partial charge in [-0.25, -0.2) is 23.1 Å². The van der Waals surface area contributed by atoms with Crippen LogP contribution in [0.1, 0.15) is 36.9 Å². The van der Waals surface area contributed by atoms with Crippen molar-refractivity contribution >= 4 is 22.5 Å². The highest BCUT2D eigenvalue weighted by Crippen LogP contribution is 2.50. The Hall–Kier alpha value is -3.87. The number of fused-ring (bicyclic) bond motifs is 6. The van der Waals surface area contributed by atoms with E-state index in [4.69, 9.17) is 15.2 Å². The van der Waals surface area contributed by atoms with Gasteiger partial charge in [-0.1, -0.05) is 0 Å². The first-order chi connectivity index (χ1) is 22.4. The third-order valence-corrected chi connectivity index (χ3v) is 10.1. The van der Waals surface area contributed by atoms with Crippen molar-refractivity contribution in [1.82, 2.24) is 30.2 Å². The lowest BCUT2D eigenvalue weighted by atomic mass is 9.85. The molecule has 0 unspecified atom stereocenters. The van der Waals surface area contributed by atoms with E-state index in [0.29, 0.717) is 31.9 Å². The Bertz CT molecular complexity index is 1840. The number of nitrogens with two attached hydrogens (primary N) is 1. The highest BCUT2D eigenvalue weighted by molar-refractivity contribution is 5.97. The SMILES string of the molecule is Cc1nc(N)cc(-c2nc3c4c(nc(OC[C@@]56CCN5CC(F)(F)C6)nc4c2F)N2C[C@H]4CC[C@H](N4)[C@H]2[C@H](C(F)(F)F)O3)c1C(F)(F)F. The molecule has 8 heterocycles. The number of nitrogens with one attached hydrogen (secondary N) is 1. The van der Waals surface area contributed by atoms with Crippen LogP contribution in [0.3, 0.4) is 0 Å². The van der Waals surface area contributed by atoms with Crippen LogP contribution < -0.4 is 25.4 Å². The van der Waals surface area contributed by atoms with E-state index in [1.165, 1.54) is 4.90 Å². The van der Waals surface area contributed by atoms with E-state index in [1.807, 2.05) is 0 Å². The standard InChI is InChI=1S/C29H27F9N8O2/c1-11-17(28(33,34)35)13(6-15(39)40-11)19-18(30)20-16-23(44-25(43-20)47-10-26-4-5-45(26)9-27(31,32)8-26)46-7-12-2-3-14(41-12)21(46)22(29(36,37)38)48-24(16)42-19/h6,12,14,21-22,41H,2-5,7-10H2,1H3,(H2,39,40)/t12-,14+,21+,22-,26+/m1/s1. The number of ether oxygens (including phenoxy) is 2. The minimum atomic E-state index is -5.10. The summed E-state index contributed by atoms with van der Waals surface area (Å²) >= 11 is 0. The molecule has 19 heteroatoms. The molecule has 0 aromatic carbocycles. The van der Waals surface area contributed by atoms with Gasteiger partial charge < -0.3 is 25.4 Å². The molecule has 3 aromatic rings. The molecule has 10 nitrogen and oxygen atoms in total. The summed E-state index contributed by atoms with van der Waals surface area (Å²) in [7, 11) is 0. The van der Waals surface area contributed by atoms with Gasteiger partial charge in [-0.05, 0) is 32.3 Å². The summed E-state index contributed by atoms with van der Waals surface area (Å²) in [4.78, 5) is 19.0. The van der Waals surface area contributed by atoms with E-state index in [0.717, 1.165) is 6.92 Å². The summed E-state index contributed by atoms with van der Waals surface area (Å²) in [5.41, 5.74) is 0.0114. The van der Waals surface area contributed by atoms with Crippen molar-refractivity contribution < 1.29 is 49.0 Å². The van der Waals surface area contributed by atoms with Crippen molar-refractivity contribution in [3.8, 4) is 23.1 Å². The Kier molecular flexibility index (Phi) is 6.60. The fraction of sp³-hybridized carbons (Fsp3) is 0.586. The van der Waals surface area contributed by atoms with E-state index in [9.17, 15) is 35.1 Å². The first kappa shape index (κ1) is 31.4. The van der Waals surface area contributed by atoms with Gasteiger partial charge in [0.25, 0.3) is 5.92 Å². The van der Waals surface area contributed by atoms with Gasteiger partial charge >= 0.3 is 18.4 Å². The topological polar surface area (TPSA) is 115 Å². The minimum Gasteiger partial charge on any atom is -0.462 e. The van der Waals surface area contributed by atoms with Gasteiger partial charge in [-0.2, -0.15) is 36.3 Å². The molecule has 0 amide bonds. The number of hydrogen-bond donors (Lipinski definition) is 2. The van der Waals surface area contributed by atoms with Crippen LogP contribution in [0.5, 0.6) is 11.9 Å². The fourth-order valence-electron chi connectivity index (χ4n) is 8.04. The van der Waals surface area contributed by atoms with Gasteiger partial charge in [0, 0.05) is 37.2 Å². The van der Waals surface area contributed by atoms with Crippen LogP contribution in [0.4, 0.5) is 51.1 Å². The summed E-state index contributed by atoms with van der Waals surface area (Å²) in [6.45, 7) is 0.566. The first-order valence-corrected chi connectivity index (χ1v) is 15.2. The molecule has 2 bridgehead atoms. The third kappa shape index (κ3) is 4.78. The second-order valence-electron chi connectivity index (χ2n) is 13.2. The number of anilines is 2. The molecule has 0 radical (unpaired) electrons. The zero-order valence-electron chi connectivity index (χ0n) is 25.0. The van der Waals surface area contributed by atoms with Crippen LogP contribution >= 0.6 is 0 Å². The number of nitrogen functional groups attached to an aromatic ring is 1. The maximum Gasteiger partial charge on any atom is 0.427 e. The van der Waals surface area contributed by atoms with E-state index < -0.39 is 112 Å². The van der Waals surface area contributed by atoms with Crippen molar-refractivity contribution in [3.05, 3.63) is 23.1 Å². The number of piperazine rings is 1. The van der Waals surface area contributed by atoms with Crippen LogP contribution in [0.25, 0.3) is 22.2 Å². The number of nitrogens with zero attached hydrogens (tertiary/aromatic N) is 6. The molecule has 5 aliphatic rings. The number of rotatable bonds is 4. The second-order valence-corrected chi connectivity index (χ2v) is 13.2. The van der Waals surface area contributed by atoms with E-state index in [-0.39, 0.29) is 25.0 Å². The monoisotopic (exact) mass is 690 g/mol. The molecule has 3 N–H and O–H groups in total. The van der Waals surface area contributed by atoms with Crippen molar-refractivity contribution in [2.45, 2.75) is 80.7 Å². The smallest absolute Gasteiger partial charge is 0.427 e. The van der Waals surface area contributed by atoms with Crippen molar-refractivity contribution in [2.24, 2.45) is 0 Å². The highest BCUT2D eigenvalue weighted by atomic mass is 19.4. The number of pyridine rings is 2. The quantitative estimate of drug-likeness (QED) is 0.376. The third-order valence-electron chi connectivity index (χ3n) is 10.1. The second kappa shape index (κ2) is 10.1. The van der Waals surface area contributed by atoms with Gasteiger partial charge in [0.05, 0.1) is 29.4 Å². The lowest BCUT2D eigenvalue weighted by Gasteiger charge is -2.46. The number of alkyl halides is 8. The largest absolute Gasteiger partial charge is 0.462 e. The summed E-state index contributed by atoms with van der Waals surface area (Å²) in [5.74, 6) is -5.90. The zero-order valence-corrected chi connectivity index (χ0v) is 25.0. The van der Waals surface area contributed by atoms with Gasteiger partial charge in [0.15, 0.2) is 5.82 Å². The Morgan fingerprint density at radius 3 is 2.54 bits per heavy atom. The molecular formula is C29H27F9N8O2. The van der Waals surface area contributed by atoms with E-state index >= 15 is 4.39 Å². The van der Waals surface area contributed by atoms with Crippen LogP contribution in [-0.4, -0.2) is 92.9 Å². The number of hydrogen-bond acceptors (Lipinski definition) is 10. The van der Waals surface area contributed by atoms with Crippen LogP contribution in [0.2, 0.25) is 0 Å². The molecule has 5 aliphatic heterocycles. The Morgan fingerprint density at radius 1 is 1.10 bits per heavy atom. The molecule has 0 spiro atoms. The summed E-state index contributed by atoms with van der Waals surface area (Å²) < 4.78 is 144. The van der Waals surface area contributed by atoms with Crippen molar-refractivity contribution in [2.75, 3.05) is 36.9 Å². The van der Waals surface area contributed by atoms with Crippen LogP contribution in [-0.2, 0) is 6.18 Å². The zero-order chi connectivity index (χ0) is 34.1. The molecule has 0 saturated carbocycles. The molecule has 48 heavy (non-hydrogen) atoms. The summed E-state index contributed by atoms with van der Waals surface area (Å²) in [5, 5.41) is 2.75. The molecule has 4 fully saturated rings. The van der Waals surface area contributed by atoms with Gasteiger partial charge in [0.1, 0.15) is 34.8 Å². The number of halogens is 9. The Morgan fingerprint density at radius 2 is 1.88 bits per heavy atom. The maximum atomic E-state index is 16.7. The average molecular weight is 691 g/mol. The van der Waals surface area contributed by atoms with E-state index in [1.54, 1.807) is 4.90 Å². The van der Waals surface area contributed by atoms with Crippen LogP contribution in [0, 0.1) is 12.7 Å². The Balaban J connectivity index is 1.35. The predicted octanol–water partition coefficient (Wildman–Crippen LogP) is 4.63. The maximum absolute atomic E-state index is 16.7. The van der Waals surface area contributed by atoms with Crippen molar-refractivity contribution in [1.29, 1.82) is 0 Å². The molecular weight excluding hydrogens is 663 g/mol. The summed E-state index contributed by atoms with van der Waals surface area (Å²) in [6, 6.07) is -2.27. The van der Waals surface area contributed by atoms with Crippen LogP contribution in [0.15, 0.2) is 6.07 Å². The molecule has 4 saturated heterocycles.